The van der Waals surface area contributed by atoms with Gasteiger partial charge in [0.1, 0.15) is 23.0 Å². The van der Waals surface area contributed by atoms with E-state index in [4.69, 9.17) is 24.2 Å². The van der Waals surface area contributed by atoms with Crippen molar-refractivity contribution >= 4 is 11.7 Å². The molecule has 10 heteroatoms. The first-order valence-electron chi connectivity index (χ1n) is 16.4. The molecule has 6 rings (SSSR count). The highest BCUT2D eigenvalue weighted by Gasteiger charge is 2.33. The summed E-state index contributed by atoms with van der Waals surface area (Å²) in [6, 6.07) is 6.58. The van der Waals surface area contributed by atoms with E-state index in [1.807, 2.05) is 24.0 Å². The second-order valence-corrected chi connectivity index (χ2v) is 13.4. The molecule has 1 amide bonds. The van der Waals surface area contributed by atoms with Gasteiger partial charge in [-0.3, -0.25) is 4.79 Å². The zero-order chi connectivity index (χ0) is 30.8. The first kappa shape index (κ1) is 31.3. The minimum Gasteiger partial charge on any atom is -0.381 e. The van der Waals surface area contributed by atoms with Gasteiger partial charge in [0.15, 0.2) is 0 Å². The summed E-state index contributed by atoms with van der Waals surface area (Å²) in [5.74, 6) is 1.71. The topological polar surface area (TPSA) is 89.0 Å². The lowest BCUT2D eigenvalue weighted by Gasteiger charge is -2.38. The van der Waals surface area contributed by atoms with Crippen molar-refractivity contribution in [2.24, 2.45) is 0 Å². The summed E-state index contributed by atoms with van der Waals surface area (Å²) in [6.07, 6.45) is 5.31. The van der Waals surface area contributed by atoms with E-state index in [-0.39, 0.29) is 24.0 Å². The zero-order valence-electron chi connectivity index (χ0n) is 26.7. The van der Waals surface area contributed by atoms with Crippen LogP contribution in [0.3, 0.4) is 0 Å². The van der Waals surface area contributed by atoms with Gasteiger partial charge in [0, 0.05) is 76.7 Å². The molecule has 0 radical (unpaired) electrons. The van der Waals surface area contributed by atoms with Gasteiger partial charge >= 0.3 is 0 Å². The third-order valence-electron chi connectivity index (χ3n) is 9.97. The number of benzene rings is 1. The van der Waals surface area contributed by atoms with Crippen LogP contribution in [-0.4, -0.2) is 92.1 Å². The number of likely N-dealkylation sites (tertiary alicyclic amines) is 1. The number of piperidine rings is 1. The van der Waals surface area contributed by atoms with Gasteiger partial charge in [0.25, 0.3) is 5.91 Å². The van der Waals surface area contributed by atoms with Crippen molar-refractivity contribution in [3.05, 3.63) is 52.0 Å². The van der Waals surface area contributed by atoms with Gasteiger partial charge in [0.2, 0.25) is 0 Å². The molecule has 0 spiro atoms. The molecule has 44 heavy (non-hydrogen) atoms. The van der Waals surface area contributed by atoms with Gasteiger partial charge < -0.3 is 29.3 Å². The Balaban J connectivity index is 1.22. The molecule has 5 heterocycles. The molecule has 4 aliphatic rings. The van der Waals surface area contributed by atoms with E-state index >= 15 is 0 Å². The molecular weight excluding hydrogens is 561 g/mol. The second kappa shape index (κ2) is 13.4. The van der Waals surface area contributed by atoms with Crippen LogP contribution in [-0.2, 0) is 32.8 Å². The summed E-state index contributed by atoms with van der Waals surface area (Å²) in [5, 5.41) is 3.78. The zero-order valence-corrected chi connectivity index (χ0v) is 26.7. The molecule has 3 saturated heterocycles. The van der Waals surface area contributed by atoms with Gasteiger partial charge in [-0.15, -0.1) is 0 Å². The molecule has 0 bridgehead atoms. The Morgan fingerprint density at radius 3 is 2.50 bits per heavy atom. The molecule has 1 aromatic heterocycles. The highest BCUT2D eigenvalue weighted by Crippen LogP contribution is 2.34. The van der Waals surface area contributed by atoms with Crippen LogP contribution in [0.1, 0.15) is 90.4 Å². The SMILES string of the molecule is COC1COCCC1NC1CCN(C(=O)c2nc(C3CCOCC3)nc(N3CCc4ccc(C(C)(C)F)cc4C3)c2C)CC1. The maximum atomic E-state index is 14.8. The third kappa shape index (κ3) is 6.78. The molecule has 9 nitrogen and oxygen atoms in total. The van der Waals surface area contributed by atoms with Gasteiger partial charge in [-0.1, -0.05) is 18.2 Å². The molecule has 240 valence electrons. The molecule has 2 unspecified atom stereocenters. The smallest absolute Gasteiger partial charge is 0.272 e. The first-order chi connectivity index (χ1) is 21.2. The summed E-state index contributed by atoms with van der Waals surface area (Å²) < 4.78 is 31.7. The van der Waals surface area contributed by atoms with Crippen LogP contribution in [0.25, 0.3) is 0 Å². The van der Waals surface area contributed by atoms with Gasteiger partial charge in [-0.25, -0.2) is 14.4 Å². The molecule has 4 aliphatic heterocycles. The van der Waals surface area contributed by atoms with Crippen LogP contribution >= 0.6 is 0 Å². The highest BCUT2D eigenvalue weighted by molar-refractivity contribution is 5.95. The fraction of sp³-hybridized carbons (Fsp3) is 0.676. The maximum Gasteiger partial charge on any atom is 0.272 e. The van der Waals surface area contributed by atoms with Crippen molar-refractivity contribution in [1.82, 2.24) is 20.2 Å². The molecule has 3 fully saturated rings. The van der Waals surface area contributed by atoms with E-state index in [0.717, 1.165) is 74.4 Å². The average Bonchev–Trinajstić information content (AvgIpc) is 3.04. The predicted octanol–water partition coefficient (Wildman–Crippen LogP) is 4.44. The molecular formula is C34H48FN5O4. The molecule has 1 aromatic carbocycles. The number of carbonyl (C=O) groups is 1. The van der Waals surface area contributed by atoms with Crippen molar-refractivity contribution < 1.29 is 23.4 Å². The summed E-state index contributed by atoms with van der Waals surface area (Å²) in [6.45, 7) is 10.7. The number of methoxy groups -OCH3 is 1. The van der Waals surface area contributed by atoms with Crippen LogP contribution in [0, 0.1) is 6.92 Å². The largest absolute Gasteiger partial charge is 0.381 e. The lowest BCUT2D eigenvalue weighted by Crippen LogP contribution is -2.54. The number of hydrogen-bond donors (Lipinski definition) is 1. The van der Waals surface area contributed by atoms with Crippen LogP contribution in [0.2, 0.25) is 0 Å². The minimum absolute atomic E-state index is 0.0161. The van der Waals surface area contributed by atoms with E-state index in [2.05, 4.69) is 16.3 Å². The van der Waals surface area contributed by atoms with Crippen molar-refractivity contribution in [3.8, 4) is 0 Å². The monoisotopic (exact) mass is 609 g/mol. The Kier molecular flexibility index (Phi) is 9.52. The first-order valence-corrected chi connectivity index (χ1v) is 16.4. The van der Waals surface area contributed by atoms with Crippen molar-refractivity contribution in [2.75, 3.05) is 58.1 Å². The van der Waals surface area contributed by atoms with E-state index in [0.29, 0.717) is 56.8 Å². The number of rotatable bonds is 7. The number of fused-ring (bicyclic) bond motifs is 1. The van der Waals surface area contributed by atoms with Gasteiger partial charge in [-0.2, -0.15) is 0 Å². The number of anilines is 1. The normalized spacial score (nSPS) is 23.9. The Morgan fingerprint density at radius 2 is 1.77 bits per heavy atom. The molecule has 0 aliphatic carbocycles. The van der Waals surface area contributed by atoms with E-state index < -0.39 is 5.67 Å². The predicted molar refractivity (Wildman–Crippen MR) is 167 cm³/mol. The van der Waals surface area contributed by atoms with E-state index in [9.17, 15) is 9.18 Å². The summed E-state index contributed by atoms with van der Waals surface area (Å²) in [7, 11) is 1.74. The standard InChI is InChI=1S/C34H48FN5O4/c1-22-30(33(41)39-14-8-27(9-15-39)36-28-12-18-44-21-29(28)42-4)37-31(24-10-16-43-17-11-24)38-32(22)40-13-7-23-5-6-26(34(2,3)35)19-25(23)20-40/h5-6,19,24,27-29,36H,7-18,20-21H2,1-4H3. The molecule has 1 N–H and O–H groups in total. The Bertz CT molecular complexity index is 1320. The third-order valence-corrected chi connectivity index (χ3v) is 9.97. The Morgan fingerprint density at radius 1 is 1.02 bits per heavy atom. The minimum atomic E-state index is -1.41. The summed E-state index contributed by atoms with van der Waals surface area (Å²) >= 11 is 0. The Labute approximate surface area is 260 Å². The van der Waals surface area contributed by atoms with Gasteiger partial charge in [-0.05, 0) is 76.0 Å². The summed E-state index contributed by atoms with van der Waals surface area (Å²) in [4.78, 5) is 28.4. The molecule has 2 atom stereocenters. The van der Waals surface area contributed by atoms with Crippen molar-refractivity contribution in [3.63, 3.8) is 0 Å². The lowest BCUT2D eigenvalue weighted by molar-refractivity contribution is -0.0533. The van der Waals surface area contributed by atoms with E-state index in [1.54, 1.807) is 21.0 Å². The number of nitrogens with one attached hydrogen (secondary N) is 1. The fourth-order valence-corrected chi connectivity index (χ4v) is 7.12. The number of carbonyl (C=O) groups excluding carboxylic acids is 1. The van der Waals surface area contributed by atoms with Crippen LogP contribution in [0.4, 0.5) is 10.2 Å². The quantitative estimate of drug-likeness (QED) is 0.493. The molecule has 2 aromatic rings. The van der Waals surface area contributed by atoms with Gasteiger partial charge in [0.05, 0.1) is 12.7 Å². The fourth-order valence-electron chi connectivity index (χ4n) is 7.12. The number of alkyl halides is 1. The van der Waals surface area contributed by atoms with Crippen LogP contribution in [0.5, 0.6) is 0 Å². The van der Waals surface area contributed by atoms with Crippen LogP contribution < -0.4 is 10.2 Å². The Hall–Kier alpha value is -2.66. The average molecular weight is 610 g/mol. The second-order valence-electron chi connectivity index (χ2n) is 13.4. The lowest BCUT2D eigenvalue weighted by atomic mass is 9.92. The number of aromatic nitrogens is 2. The highest BCUT2D eigenvalue weighted by atomic mass is 19.1. The van der Waals surface area contributed by atoms with Crippen LogP contribution in [0.15, 0.2) is 18.2 Å². The van der Waals surface area contributed by atoms with E-state index in [1.165, 1.54) is 5.56 Å². The maximum absolute atomic E-state index is 14.8. The number of hydrogen-bond acceptors (Lipinski definition) is 8. The van der Waals surface area contributed by atoms with Crippen molar-refractivity contribution in [1.29, 1.82) is 0 Å². The molecule has 0 saturated carbocycles. The number of halogens is 1. The van der Waals surface area contributed by atoms with Crippen molar-refractivity contribution in [2.45, 2.75) is 95.6 Å². The number of ether oxygens (including phenoxy) is 3. The number of nitrogens with zero attached hydrogens (tertiary/aromatic N) is 4. The summed E-state index contributed by atoms with van der Waals surface area (Å²) in [5.41, 5.74) is 2.97. The number of amides is 1.